The van der Waals surface area contributed by atoms with Crippen LogP contribution in [-0.4, -0.2) is 17.8 Å². The Morgan fingerprint density at radius 3 is 2.36 bits per heavy atom. The average Bonchev–Trinajstić information content (AvgIpc) is 1.86. The second kappa shape index (κ2) is 4.75. The Morgan fingerprint density at radius 1 is 1.45 bits per heavy atom. The molecule has 2 nitrogen and oxygen atoms in total. The molecule has 0 rings (SSSR count). The molecule has 0 aromatic rings. The summed E-state index contributed by atoms with van der Waals surface area (Å²) in [6, 6.07) is 0. The van der Waals surface area contributed by atoms with Crippen molar-refractivity contribution in [1.29, 1.82) is 0 Å². The summed E-state index contributed by atoms with van der Waals surface area (Å²) in [6.07, 6.45) is 0.988. The number of amides is 1. The summed E-state index contributed by atoms with van der Waals surface area (Å²) in [6.45, 7) is 6.50. The molecule has 3 heteroatoms. The highest BCUT2D eigenvalue weighted by molar-refractivity contribution is 9.09. The number of carbonyl (C=O) groups is 1. The predicted molar refractivity (Wildman–Crippen MR) is 50.9 cm³/mol. The van der Waals surface area contributed by atoms with Gasteiger partial charge in [0.2, 0.25) is 5.91 Å². The number of nitrogens with one attached hydrogen (secondary N) is 1. The zero-order valence-corrected chi connectivity index (χ0v) is 8.99. The minimum atomic E-state index is -0.258. The van der Waals surface area contributed by atoms with Gasteiger partial charge in [-0.2, -0.15) is 0 Å². The fraction of sp³-hybridized carbons (Fsp3) is 0.875. The van der Waals surface area contributed by atoms with Gasteiger partial charge in [0.05, 0.1) is 0 Å². The van der Waals surface area contributed by atoms with E-state index < -0.39 is 0 Å². The molecule has 0 unspecified atom stereocenters. The van der Waals surface area contributed by atoms with Gasteiger partial charge < -0.3 is 5.32 Å². The molecule has 66 valence electrons. The van der Waals surface area contributed by atoms with Crippen LogP contribution in [0.25, 0.3) is 0 Å². The van der Waals surface area contributed by atoms with Crippen LogP contribution in [0.4, 0.5) is 0 Å². The normalized spacial score (nSPS) is 11.3. The molecule has 0 radical (unpaired) electrons. The van der Waals surface area contributed by atoms with E-state index in [4.69, 9.17) is 0 Å². The van der Waals surface area contributed by atoms with Gasteiger partial charge in [0, 0.05) is 17.3 Å². The second-order valence-corrected chi connectivity index (χ2v) is 4.34. The van der Waals surface area contributed by atoms with E-state index in [0.29, 0.717) is 0 Å². The molecule has 1 N–H and O–H groups in total. The number of halogens is 1. The van der Waals surface area contributed by atoms with Crippen molar-refractivity contribution < 1.29 is 4.79 Å². The summed E-state index contributed by atoms with van der Waals surface area (Å²) in [5.41, 5.74) is -0.258. The molecule has 0 aromatic heterocycles. The van der Waals surface area contributed by atoms with Crippen molar-refractivity contribution in [2.75, 3.05) is 11.9 Å². The Balaban J connectivity index is 3.54. The lowest BCUT2D eigenvalue weighted by Gasteiger charge is -2.17. The highest BCUT2D eigenvalue weighted by atomic mass is 79.9. The van der Waals surface area contributed by atoms with Gasteiger partial charge in [0.25, 0.3) is 0 Å². The van der Waals surface area contributed by atoms with Crippen LogP contribution in [0.15, 0.2) is 0 Å². The smallest absolute Gasteiger partial charge is 0.225 e. The number of alkyl halides is 1. The van der Waals surface area contributed by atoms with Crippen LogP contribution >= 0.6 is 15.9 Å². The number of carbonyl (C=O) groups excluding carboxylic acids is 1. The van der Waals surface area contributed by atoms with Gasteiger partial charge in [-0.3, -0.25) is 4.79 Å². The van der Waals surface area contributed by atoms with Crippen molar-refractivity contribution in [2.24, 2.45) is 5.41 Å². The number of hydrogen-bond acceptors (Lipinski definition) is 1. The van der Waals surface area contributed by atoms with Gasteiger partial charge in [0.15, 0.2) is 0 Å². The molecule has 0 aromatic carbocycles. The molecule has 0 heterocycles. The Bertz CT molecular complexity index is 129. The van der Waals surface area contributed by atoms with Crippen molar-refractivity contribution in [3.05, 3.63) is 0 Å². The Morgan fingerprint density at radius 2 is 2.00 bits per heavy atom. The maximum Gasteiger partial charge on any atom is 0.225 e. The molecular formula is C8H16BrNO. The number of rotatable bonds is 3. The summed E-state index contributed by atoms with van der Waals surface area (Å²) in [5.74, 6) is 0.124. The van der Waals surface area contributed by atoms with Crippen LogP contribution in [0.1, 0.15) is 27.2 Å². The zero-order chi connectivity index (χ0) is 8.91. The van der Waals surface area contributed by atoms with Gasteiger partial charge in [-0.15, -0.1) is 0 Å². The van der Waals surface area contributed by atoms with Gasteiger partial charge in [-0.05, 0) is 6.42 Å². The van der Waals surface area contributed by atoms with Crippen LogP contribution in [0.2, 0.25) is 0 Å². The van der Waals surface area contributed by atoms with Gasteiger partial charge >= 0.3 is 0 Å². The topological polar surface area (TPSA) is 29.1 Å². The standard InChI is InChI=1S/C8H16BrNO/c1-8(2,3)7(11)10-6-4-5-9/h4-6H2,1-3H3,(H,10,11). The lowest BCUT2D eigenvalue weighted by atomic mass is 9.96. The molecule has 0 aliphatic heterocycles. The minimum absolute atomic E-state index is 0.124. The lowest BCUT2D eigenvalue weighted by molar-refractivity contribution is -0.128. The van der Waals surface area contributed by atoms with E-state index in [1.54, 1.807) is 0 Å². The van der Waals surface area contributed by atoms with Gasteiger partial charge in [-0.25, -0.2) is 0 Å². The quantitative estimate of drug-likeness (QED) is 0.573. The van der Waals surface area contributed by atoms with E-state index in [0.717, 1.165) is 18.3 Å². The van der Waals surface area contributed by atoms with E-state index in [2.05, 4.69) is 21.2 Å². The van der Waals surface area contributed by atoms with E-state index >= 15 is 0 Å². The SMILES string of the molecule is CC(C)(C)C(=O)NCCCBr. The van der Waals surface area contributed by atoms with Crippen molar-refractivity contribution in [2.45, 2.75) is 27.2 Å². The van der Waals surface area contributed by atoms with E-state index in [-0.39, 0.29) is 11.3 Å². The molecule has 11 heavy (non-hydrogen) atoms. The van der Waals surface area contributed by atoms with Crippen molar-refractivity contribution >= 4 is 21.8 Å². The monoisotopic (exact) mass is 221 g/mol. The first-order valence-electron chi connectivity index (χ1n) is 3.82. The van der Waals surface area contributed by atoms with Crippen molar-refractivity contribution in [1.82, 2.24) is 5.32 Å². The fourth-order valence-electron chi connectivity index (χ4n) is 0.534. The molecule has 0 saturated heterocycles. The molecule has 0 saturated carbocycles. The third-order valence-corrected chi connectivity index (χ3v) is 1.84. The minimum Gasteiger partial charge on any atom is -0.356 e. The second-order valence-electron chi connectivity index (χ2n) is 3.55. The third-order valence-electron chi connectivity index (χ3n) is 1.28. The first-order chi connectivity index (χ1) is 4.98. The first-order valence-corrected chi connectivity index (χ1v) is 4.95. The van der Waals surface area contributed by atoms with Crippen LogP contribution in [0.3, 0.4) is 0 Å². The van der Waals surface area contributed by atoms with Crippen LogP contribution in [-0.2, 0) is 4.79 Å². The first kappa shape index (κ1) is 11.0. The highest BCUT2D eigenvalue weighted by Crippen LogP contribution is 2.11. The largest absolute Gasteiger partial charge is 0.356 e. The molecule has 0 aliphatic carbocycles. The molecule has 0 spiro atoms. The molecular weight excluding hydrogens is 206 g/mol. The highest BCUT2D eigenvalue weighted by Gasteiger charge is 2.19. The van der Waals surface area contributed by atoms with Crippen molar-refractivity contribution in [3.8, 4) is 0 Å². The summed E-state index contributed by atoms with van der Waals surface area (Å²) >= 11 is 3.30. The molecule has 0 bridgehead atoms. The van der Waals surface area contributed by atoms with Crippen LogP contribution < -0.4 is 5.32 Å². The van der Waals surface area contributed by atoms with E-state index in [1.807, 2.05) is 20.8 Å². The van der Waals surface area contributed by atoms with Crippen molar-refractivity contribution in [3.63, 3.8) is 0 Å². The fourth-order valence-corrected chi connectivity index (χ4v) is 0.814. The summed E-state index contributed by atoms with van der Waals surface area (Å²) in [4.78, 5) is 11.2. The number of hydrogen-bond donors (Lipinski definition) is 1. The molecule has 1 amide bonds. The Hall–Kier alpha value is -0.0500. The average molecular weight is 222 g/mol. The lowest BCUT2D eigenvalue weighted by Crippen LogP contribution is -2.35. The summed E-state index contributed by atoms with van der Waals surface area (Å²) in [5, 5.41) is 3.80. The zero-order valence-electron chi connectivity index (χ0n) is 7.41. The van der Waals surface area contributed by atoms with E-state index in [9.17, 15) is 4.79 Å². The van der Waals surface area contributed by atoms with Gasteiger partial charge in [0.1, 0.15) is 0 Å². The Kier molecular flexibility index (Phi) is 4.73. The summed E-state index contributed by atoms with van der Waals surface area (Å²) in [7, 11) is 0. The maximum atomic E-state index is 11.2. The van der Waals surface area contributed by atoms with E-state index in [1.165, 1.54) is 0 Å². The molecule has 0 fully saturated rings. The Labute approximate surface area is 76.9 Å². The molecule has 0 atom stereocenters. The van der Waals surface area contributed by atoms with Crippen LogP contribution in [0, 0.1) is 5.41 Å². The van der Waals surface area contributed by atoms with Gasteiger partial charge in [-0.1, -0.05) is 36.7 Å². The predicted octanol–water partition coefficient (Wildman–Crippen LogP) is 1.93. The molecule has 0 aliphatic rings. The third kappa shape index (κ3) is 5.24. The van der Waals surface area contributed by atoms with Crippen LogP contribution in [0.5, 0.6) is 0 Å². The maximum absolute atomic E-state index is 11.2. The summed E-state index contributed by atoms with van der Waals surface area (Å²) < 4.78 is 0.